The van der Waals surface area contributed by atoms with Crippen LogP contribution in [0.3, 0.4) is 0 Å². The summed E-state index contributed by atoms with van der Waals surface area (Å²) in [7, 11) is 0. The first kappa shape index (κ1) is 14.9. The van der Waals surface area contributed by atoms with Gasteiger partial charge in [-0.2, -0.15) is 0 Å². The number of nitrogens with zero attached hydrogens (tertiary/aromatic N) is 3. The summed E-state index contributed by atoms with van der Waals surface area (Å²) in [6.45, 7) is 6.82. The molecule has 1 aromatic heterocycles. The molecule has 110 valence electrons. The number of likely N-dealkylation sites (tertiary alicyclic amines) is 1. The van der Waals surface area contributed by atoms with Crippen molar-refractivity contribution in [1.82, 2.24) is 14.5 Å². The summed E-state index contributed by atoms with van der Waals surface area (Å²) in [5.74, 6) is -1.44. The van der Waals surface area contributed by atoms with E-state index >= 15 is 0 Å². The molecular weight excluding hydrogens is 278 g/mol. The van der Waals surface area contributed by atoms with Gasteiger partial charge >= 0.3 is 5.97 Å². The lowest BCUT2D eigenvalue weighted by atomic mass is 9.91. The van der Waals surface area contributed by atoms with Gasteiger partial charge in [0.15, 0.2) is 0 Å². The quantitative estimate of drug-likeness (QED) is 0.899. The lowest BCUT2D eigenvalue weighted by Gasteiger charge is -2.30. The molecule has 2 heterocycles. The van der Waals surface area contributed by atoms with Crippen LogP contribution < -0.4 is 0 Å². The van der Waals surface area contributed by atoms with Crippen LogP contribution in [0.5, 0.6) is 0 Å². The summed E-state index contributed by atoms with van der Waals surface area (Å²) in [5, 5.41) is 13.2. The number of carboxylic acids is 1. The maximum absolute atomic E-state index is 12.6. The van der Waals surface area contributed by atoms with Crippen LogP contribution in [0.1, 0.15) is 49.0 Å². The average molecular weight is 297 g/mol. The zero-order chi connectivity index (χ0) is 14.9. The van der Waals surface area contributed by atoms with Crippen molar-refractivity contribution in [3.8, 4) is 0 Å². The highest BCUT2D eigenvalue weighted by Crippen LogP contribution is 2.28. The third-order valence-corrected chi connectivity index (χ3v) is 4.16. The molecule has 2 rings (SSSR count). The first-order chi connectivity index (χ1) is 9.30. The van der Waals surface area contributed by atoms with Crippen molar-refractivity contribution < 1.29 is 14.7 Å². The van der Waals surface area contributed by atoms with E-state index in [9.17, 15) is 9.59 Å². The first-order valence-electron chi connectivity index (χ1n) is 6.65. The van der Waals surface area contributed by atoms with Crippen molar-refractivity contribution in [2.45, 2.75) is 39.0 Å². The van der Waals surface area contributed by atoms with Crippen LogP contribution in [0.25, 0.3) is 0 Å². The number of carboxylic acid groups (broad SMARTS) is 1. The van der Waals surface area contributed by atoms with Crippen LogP contribution in [-0.2, 0) is 10.2 Å². The van der Waals surface area contributed by atoms with Crippen molar-refractivity contribution in [2.24, 2.45) is 5.92 Å². The summed E-state index contributed by atoms with van der Waals surface area (Å²) in [6, 6.07) is 0. The molecule has 0 radical (unpaired) electrons. The number of hydrogen-bond donors (Lipinski definition) is 1. The van der Waals surface area contributed by atoms with Crippen LogP contribution in [0, 0.1) is 5.92 Å². The van der Waals surface area contributed by atoms with Crippen LogP contribution in [0.4, 0.5) is 0 Å². The number of amides is 1. The Morgan fingerprint density at radius 1 is 1.40 bits per heavy atom. The van der Waals surface area contributed by atoms with Crippen LogP contribution >= 0.6 is 11.5 Å². The molecule has 0 aliphatic carbocycles. The average Bonchev–Trinajstić information content (AvgIpc) is 2.87. The molecule has 1 aliphatic rings. The minimum atomic E-state index is -0.832. The normalized spacial score (nSPS) is 19.9. The number of rotatable bonds is 2. The van der Waals surface area contributed by atoms with E-state index in [2.05, 4.69) is 9.59 Å². The molecule has 7 heteroatoms. The van der Waals surface area contributed by atoms with Crippen molar-refractivity contribution in [1.29, 1.82) is 0 Å². The van der Waals surface area contributed by atoms with E-state index in [0.717, 1.165) is 18.0 Å². The van der Waals surface area contributed by atoms with Crippen molar-refractivity contribution in [3.05, 3.63) is 10.6 Å². The molecule has 0 bridgehead atoms. The van der Waals surface area contributed by atoms with Gasteiger partial charge in [0, 0.05) is 18.5 Å². The second kappa shape index (κ2) is 5.47. The van der Waals surface area contributed by atoms with Crippen molar-refractivity contribution in [3.63, 3.8) is 0 Å². The largest absolute Gasteiger partial charge is 0.481 e. The SMILES string of the molecule is CC(C)(C)c1nnsc1C(=O)N1CCCC(C(=O)O)C1. The summed E-state index contributed by atoms with van der Waals surface area (Å²) < 4.78 is 3.89. The molecule has 1 saturated heterocycles. The Labute approximate surface area is 122 Å². The molecule has 20 heavy (non-hydrogen) atoms. The number of piperidine rings is 1. The molecule has 1 fully saturated rings. The highest BCUT2D eigenvalue weighted by molar-refractivity contribution is 7.08. The Hall–Kier alpha value is -1.50. The van der Waals surface area contributed by atoms with Gasteiger partial charge in [0.2, 0.25) is 0 Å². The highest BCUT2D eigenvalue weighted by Gasteiger charge is 2.33. The fourth-order valence-corrected chi connectivity index (χ4v) is 3.17. The molecule has 6 nitrogen and oxygen atoms in total. The predicted molar refractivity (Wildman–Crippen MR) is 74.9 cm³/mol. The molecule has 0 aromatic carbocycles. The van der Waals surface area contributed by atoms with E-state index in [1.807, 2.05) is 20.8 Å². The Bertz CT molecular complexity index is 521. The maximum Gasteiger partial charge on any atom is 0.308 e. The van der Waals surface area contributed by atoms with Crippen LogP contribution in [0.2, 0.25) is 0 Å². The zero-order valence-corrected chi connectivity index (χ0v) is 12.7. The molecule has 1 unspecified atom stereocenters. The standard InChI is InChI=1S/C13H19N3O3S/c1-13(2,3)10-9(20-15-14-10)11(17)16-6-4-5-8(7-16)12(18)19/h8H,4-7H2,1-3H3,(H,18,19). The van der Waals surface area contributed by atoms with Gasteiger partial charge in [-0.05, 0) is 24.4 Å². The minimum absolute atomic E-state index is 0.143. The molecule has 1 aromatic rings. The zero-order valence-electron chi connectivity index (χ0n) is 11.9. The number of carbonyl (C=O) groups is 2. The van der Waals surface area contributed by atoms with Crippen LogP contribution in [-0.4, -0.2) is 44.6 Å². The maximum atomic E-state index is 12.6. The molecular formula is C13H19N3O3S. The summed E-state index contributed by atoms with van der Waals surface area (Å²) in [5.41, 5.74) is 0.435. The topological polar surface area (TPSA) is 83.4 Å². The van der Waals surface area contributed by atoms with Gasteiger partial charge in [-0.25, -0.2) is 0 Å². The van der Waals surface area contributed by atoms with Gasteiger partial charge in [0.05, 0.1) is 11.6 Å². The van der Waals surface area contributed by atoms with E-state index in [1.54, 1.807) is 4.90 Å². The molecule has 0 spiro atoms. The van der Waals surface area contributed by atoms with E-state index in [1.165, 1.54) is 0 Å². The molecule has 1 atom stereocenters. The van der Waals surface area contributed by atoms with Gasteiger partial charge < -0.3 is 10.0 Å². The lowest BCUT2D eigenvalue weighted by Crippen LogP contribution is -2.42. The van der Waals surface area contributed by atoms with Gasteiger partial charge in [-0.1, -0.05) is 25.3 Å². The van der Waals surface area contributed by atoms with Crippen LogP contribution in [0.15, 0.2) is 0 Å². The molecule has 1 aliphatic heterocycles. The summed E-state index contributed by atoms with van der Waals surface area (Å²) in [4.78, 5) is 25.8. The van der Waals surface area contributed by atoms with Crippen molar-refractivity contribution in [2.75, 3.05) is 13.1 Å². The van der Waals surface area contributed by atoms with Gasteiger partial charge in [-0.3, -0.25) is 9.59 Å². The van der Waals surface area contributed by atoms with E-state index in [-0.39, 0.29) is 17.9 Å². The fourth-order valence-electron chi connectivity index (χ4n) is 2.33. The van der Waals surface area contributed by atoms with E-state index in [4.69, 9.17) is 5.11 Å². The van der Waals surface area contributed by atoms with Gasteiger partial charge in [0.25, 0.3) is 5.91 Å². The monoisotopic (exact) mass is 297 g/mol. The Morgan fingerprint density at radius 3 is 2.70 bits per heavy atom. The number of hydrogen-bond acceptors (Lipinski definition) is 5. The number of aromatic nitrogens is 2. The number of aliphatic carboxylic acids is 1. The molecule has 0 saturated carbocycles. The second-order valence-corrected chi connectivity index (χ2v) is 6.88. The number of carbonyl (C=O) groups excluding carboxylic acids is 1. The lowest BCUT2D eigenvalue weighted by molar-refractivity contribution is -0.143. The third-order valence-electron chi connectivity index (χ3n) is 3.45. The fraction of sp³-hybridized carbons (Fsp3) is 0.692. The summed E-state index contributed by atoms with van der Waals surface area (Å²) >= 11 is 1.09. The minimum Gasteiger partial charge on any atom is -0.481 e. The third kappa shape index (κ3) is 2.98. The van der Waals surface area contributed by atoms with Gasteiger partial charge in [0.1, 0.15) is 4.88 Å². The van der Waals surface area contributed by atoms with Crippen molar-refractivity contribution >= 4 is 23.4 Å². The Balaban J connectivity index is 2.20. The Morgan fingerprint density at radius 2 is 2.10 bits per heavy atom. The predicted octanol–water partition coefficient (Wildman–Crippen LogP) is 1.77. The van der Waals surface area contributed by atoms with E-state index in [0.29, 0.717) is 23.5 Å². The molecule has 1 amide bonds. The first-order valence-corrected chi connectivity index (χ1v) is 7.43. The summed E-state index contributed by atoms with van der Waals surface area (Å²) in [6.07, 6.45) is 1.35. The second-order valence-electron chi connectivity index (χ2n) is 6.13. The molecule has 1 N–H and O–H groups in total. The van der Waals surface area contributed by atoms with Gasteiger partial charge in [-0.15, -0.1) is 5.10 Å². The smallest absolute Gasteiger partial charge is 0.308 e. The van der Waals surface area contributed by atoms with E-state index < -0.39 is 11.9 Å². The highest BCUT2D eigenvalue weighted by atomic mass is 32.1. The Kier molecular flexibility index (Phi) is 4.08.